The normalized spacial score (nSPS) is 15.1. The molecule has 1 aliphatic carbocycles. The van der Waals surface area contributed by atoms with Crippen molar-refractivity contribution in [2.24, 2.45) is 5.73 Å². The molecule has 0 aliphatic heterocycles. The lowest BCUT2D eigenvalue weighted by Gasteiger charge is -1.94. The van der Waals surface area contributed by atoms with E-state index in [9.17, 15) is 0 Å². The molecule has 6 nitrogen and oxygen atoms in total. The van der Waals surface area contributed by atoms with Crippen LogP contribution in [-0.4, -0.2) is 19.4 Å². The Balaban J connectivity index is 1.62. The zero-order valence-corrected chi connectivity index (χ0v) is 11.2. The summed E-state index contributed by atoms with van der Waals surface area (Å²) in [5.74, 6) is 0.776. The minimum Gasteiger partial charge on any atom is -0.325 e. The van der Waals surface area contributed by atoms with E-state index in [0.717, 1.165) is 11.6 Å². The summed E-state index contributed by atoms with van der Waals surface area (Å²) in [6, 6.07) is 4.41. The third-order valence-corrected chi connectivity index (χ3v) is 3.76. The third kappa shape index (κ3) is 2.08. The van der Waals surface area contributed by atoms with Gasteiger partial charge in [0, 0.05) is 6.54 Å². The lowest BCUT2D eigenvalue weighted by molar-refractivity contribution is -0.701. The van der Waals surface area contributed by atoms with E-state index in [4.69, 9.17) is 5.73 Å². The van der Waals surface area contributed by atoms with E-state index in [1.54, 1.807) is 4.68 Å². The Labute approximate surface area is 116 Å². The zero-order chi connectivity index (χ0) is 13.5. The standard InChI is InChI=1S/C14H17N6/c15-5-13-7-20(17-16-13)10-18-8-14-4-3-12(11-1-2-11)6-19(14)9-18/h3-4,6-9,11H,1-2,5,10,15H2/q+1. The van der Waals surface area contributed by atoms with Crippen molar-refractivity contribution in [3.63, 3.8) is 0 Å². The molecule has 0 saturated heterocycles. The molecule has 0 spiro atoms. The van der Waals surface area contributed by atoms with Gasteiger partial charge in [-0.25, -0.2) is 13.6 Å². The first-order valence-corrected chi connectivity index (χ1v) is 6.91. The van der Waals surface area contributed by atoms with Crippen LogP contribution >= 0.6 is 0 Å². The van der Waals surface area contributed by atoms with Crippen LogP contribution < -0.4 is 10.3 Å². The molecule has 2 N–H and O–H groups in total. The van der Waals surface area contributed by atoms with Crippen molar-refractivity contribution in [3.05, 3.63) is 48.3 Å². The summed E-state index contributed by atoms with van der Waals surface area (Å²) in [7, 11) is 0. The van der Waals surface area contributed by atoms with E-state index >= 15 is 0 Å². The van der Waals surface area contributed by atoms with Gasteiger partial charge in [0.05, 0.1) is 18.1 Å². The maximum absolute atomic E-state index is 5.54. The van der Waals surface area contributed by atoms with Gasteiger partial charge in [0.25, 0.3) is 6.33 Å². The van der Waals surface area contributed by atoms with Crippen LogP contribution in [0.3, 0.4) is 0 Å². The molecular formula is C14H17N6+. The summed E-state index contributed by atoms with van der Waals surface area (Å²) in [5.41, 5.74) is 8.98. The van der Waals surface area contributed by atoms with E-state index < -0.39 is 0 Å². The smallest absolute Gasteiger partial charge is 0.250 e. The first kappa shape index (κ1) is 11.6. The quantitative estimate of drug-likeness (QED) is 0.708. The number of aromatic nitrogens is 5. The molecule has 20 heavy (non-hydrogen) atoms. The Morgan fingerprint density at radius 1 is 1.30 bits per heavy atom. The van der Waals surface area contributed by atoms with E-state index in [2.05, 4.69) is 50.1 Å². The highest BCUT2D eigenvalue weighted by atomic mass is 15.5. The first-order chi connectivity index (χ1) is 9.81. The predicted molar refractivity (Wildman–Crippen MR) is 72.9 cm³/mol. The summed E-state index contributed by atoms with van der Waals surface area (Å²) >= 11 is 0. The van der Waals surface area contributed by atoms with Gasteiger partial charge in [-0.3, -0.25) is 0 Å². The van der Waals surface area contributed by atoms with Crippen LogP contribution in [0.25, 0.3) is 5.52 Å². The van der Waals surface area contributed by atoms with Crippen LogP contribution in [0.4, 0.5) is 0 Å². The maximum Gasteiger partial charge on any atom is 0.250 e. The number of hydrogen-bond acceptors (Lipinski definition) is 3. The molecule has 1 fully saturated rings. The molecule has 4 rings (SSSR count). The Morgan fingerprint density at radius 2 is 2.20 bits per heavy atom. The van der Waals surface area contributed by atoms with Crippen molar-refractivity contribution in [2.75, 3.05) is 0 Å². The van der Waals surface area contributed by atoms with Crippen LogP contribution in [0.15, 0.2) is 37.1 Å². The Hall–Kier alpha value is -2.21. The second-order valence-corrected chi connectivity index (χ2v) is 5.42. The van der Waals surface area contributed by atoms with Crippen molar-refractivity contribution in [3.8, 4) is 0 Å². The Bertz CT molecular complexity index is 752. The second kappa shape index (κ2) is 4.42. The lowest BCUT2D eigenvalue weighted by atomic mass is 10.2. The van der Waals surface area contributed by atoms with Gasteiger partial charge in [-0.1, -0.05) is 11.3 Å². The molecule has 0 amide bonds. The fourth-order valence-corrected chi connectivity index (χ4v) is 2.52. The fraction of sp³-hybridized carbons (Fsp3) is 0.357. The summed E-state index contributed by atoms with van der Waals surface area (Å²) < 4.78 is 6.07. The van der Waals surface area contributed by atoms with Crippen molar-refractivity contribution in [1.29, 1.82) is 0 Å². The van der Waals surface area contributed by atoms with Crippen LogP contribution in [0, 0.1) is 0 Å². The van der Waals surface area contributed by atoms with Crippen molar-refractivity contribution in [2.45, 2.75) is 32.0 Å². The second-order valence-electron chi connectivity index (χ2n) is 5.42. The largest absolute Gasteiger partial charge is 0.325 e. The topological polar surface area (TPSA) is 65.0 Å². The fourth-order valence-electron chi connectivity index (χ4n) is 2.52. The molecular weight excluding hydrogens is 252 g/mol. The summed E-state index contributed by atoms with van der Waals surface area (Å²) in [6.45, 7) is 1.07. The van der Waals surface area contributed by atoms with E-state index in [-0.39, 0.29) is 0 Å². The minimum atomic E-state index is 0.424. The molecule has 0 radical (unpaired) electrons. The molecule has 102 valence electrons. The number of imidazole rings is 1. The number of nitrogens with two attached hydrogens (primary N) is 1. The first-order valence-electron chi connectivity index (χ1n) is 6.91. The van der Waals surface area contributed by atoms with Gasteiger partial charge in [0.2, 0.25) is 0 Å². The van der Waals surface area contributed by atoms with Gasteiger partial charge in [-0.05, 0) is 30.4 Å². The summed E-state index contributed by atoms with van der Waals surface area (Å²) in [4.78, 5) is 0. The average Bonchev–Trinajstić information content (AvgIpc) is 3.08. The van der Waals surface area contributed by atoms with Gasteiger partial charge in [-0.15, -0.1) is 5.10 Å². The molecule has 1 saturated carbocycles. The highest BCUT2D eigenvalue weighted by molar-refractivity contribution is 5.44. The van der Waals surface area contributed by atoms with Gasteiger partial charge in [0.1, 0.15) is 6.20 Å². The van der Waals surface area contributed by atoms with Crippen molar-refractivity contribution >= 4 is 5.52 Å². The van der Waals surface area contributed by atoms with E-state index in [1.807, 2.05) is 6.20 Å². The number of hydrogen-bond donors (Lipinski definition) is 1. The molecule has 6 heteroatoms. The summed E-state index contributed by atoms with van der Waals surface area (Å²) in [6.07, 6.45) is 11.0. The molecule has 0 aromatic carbocycles. The maximum atomic E-state index is 5.54. The van der Waals surface area contributed by atoms with Crippen molar-refractivity contribution in [1.82, 2.24) is 19.4 Å². The molecule has 0 unspecified atom stereocenters. The lowest BCUT2D eigenvalue weighted by Crippen LogP contribution is -2.35. The Morgan fingerprint density at radius 3 is 2.95 bits per heavy atom. The molecule has 3 heterocycles. The third-order valence-electron chi connectivity index (χ3n) is 3.76. The van der Waals surface area contributed by atoms with Crippen molar-refractivity contribution < 1.29 is 4.57 Å². The van der Waals surface area contributed by atoms with Gasteiger partial charge in [-0.2, -0.15) is 0 Å². The minimum absolute atomic E-state index is 0.424. The van der Waals surface area contributed by atoms with Crippen LogP contribution in [-0.2, 0) is 13.2 Å². The number of nitrogens with zero attached hydrogens (tertiary/aromatic N) is 5. The van der Waals surface area contributed by atoms with E-state index in [0.29, 0.717) is 13.2 Å². The molecule has 3 aromatic rings. The molecule has 0 bridgehead atoms. The molecule has 1 aliphatic rings. The molecule has 3 aromatic heterocycles. The molecule has 0 atom stereocenters. The number of fused-ring (bicyclic) bond motifs is 1. The van der Waals surface area contributed by atoms with Gasteiger partial charge >= 0.3 is 0 Å². The van der Waals surface area contributed by atoms with E-state index in [1.165, 1.54) is 23.9 Å². The Kier molecular flexibility index (Phi) is 2.56. The monoisotopic (exact) mass is 269 g/mol. The summed E-state index contributed by atoms with van der Waals surface area (Å²) in [5, 5.41) is 8.06. The van der Waals surface area contributed by atoms with Gasteiger partial charge in [0.15, 0.2) is 12.2 Å². The highest BCUT2D eigenvalue weighted by Crippen LogP contribution is 2.39. The SMILES string of the molecule is NCc1cn(C[n+]2cc3ccc(C4CC4)cn3c2)nn1. The van der Waals surface area contributed by atoms with Crippen LogP contribution in [0.1, 0.15) is 30.0 Å². The average molecular weight is 269 g/mol. The van der Waals surface area contributed by atoms with Gasteiger partial charge < -0.3 is 5.73 Å². The number of rotatable bonds is 4. The zero-order valence-electron chi connectivity index (χ0n) is 11.2. The predicted octanol–water partition coefficient (Wildman–Crippen LogP) is 0.660. The van der Waals surface area contributed by atoms with Crippen LogP contribution in [0.2, 0.25) is 0 Å². The highest BCUT2D eigenvalue weighted by Gasteiger charge is 2.25. The number of pyridine rings is 1. The van der Waals surface area contributed by atoms with Crippen LogP contribution in [0.5, 0.6) is 0 Å².